The lowest BCUT2D eigenvalue weighted by molar-refractivity contribution is -0.119. The standard InChI is InChI=1S/C16H26N4O/c1-12(11-17)16(21)19-15-6-4-3-5-14(15)18-13-7-9-20(2)10-8-13/h3-6,12-13,18H,7-11,17H2,1-2H3,(H,19,21). The van der Waals surface area contributed by atoms with Crippen LogP contribution in [0.25, 0.3) is 0 Å². The maximum absolute atomic E-state index is 12.0. The minimum atomic E-state index is -0.179. The van der Waals surface area contributed by atoms with E-state index in [1.807, 2.05) is 31.2 Å². The number of carbonyl (C=O) groups excluding carboxylic acids is 1. The van der Waals surface area contributed by atoms with Crippen molar-refractivity contribution < 1.29 is 4.79 Å². The third kappa shape index (κ3) is 4.44. The smallest absolute Gasteiger partial charge is 0.228 e. The fourth-order valence-electron chi connectivity index (χ4n) is 2.45. The van der Waals surface area contributed by atoms with Crippen molar-refractivity contribution in [1.82, 2.24) is 4.90 Å². The number of benzene rings is 1. The molecule has 1 atom stereocenters. The number of likely N-dealkylation sites (tertiary alicyclic amines) is 1. The van der Waals surface area contributed by atoms with Gasteiger partial charge in [-0.3, -0.25) is 4.79 Å². The topological polar surface area (TPSA) is 70.4 Å². The minimum absolute atomic E-state index is 0.0323. The van der Waals surface area contributed by atoms with Crippen molar-refractivity contribution in [3.05, 3.63) is 24.3 Å². The van der Waals surface area contributed by atoms with Crippen LogP contribution in [0.3, 0.4) is 0 Å². The Kier molecular flexibility index (Phi) is 5.59. The lowest BCUT2D eigenvalue weighted by atomic mass is 10.0. The molecule has 1 aliphatic heterocycles. The summed E-state index contributed by atoms with van der Waals surface area (Å²) in [5, 5.41) is 6.53. The van der Waals surface area contributed by atoms with Crippen LogP contribution in [0.5, 0.6) is 0 Å². The van der Waals surface area contributed by atoms with Gasteiger partial charge in [0.1, 0.15) is 0 Å². The number of rotatable bonds is 5. The Morgan fingerprint density at radius 1 is 1.33 bits per heavy atom. The zero-order valence-corrected chi connectivity index (χ0v) is 12.9. The molecule has 1 amide bonds. The first-order chi connectivity index (χ1) is 10.1. The van der Waals surface area contributed by atoms with E-state index >= 15 is 0 Å². The normalized spacial score (nSPS) is 18.2. The molecule has 1 saturated heterocycles. The molecular weight excluding hydrogens is 264 g/mol. The van der Waals surface area contributed by atoms with Gasteiger partial charge in [-0.05, 0) is 45.1 Å². The summed E-state index contributed by atoms with van der Waals surface area (Å²) in [6.45, 7) is 4.41. The largest absolute Gasteiger partial charge is 0.381 e. The molecule has 1 heterocycles. The van der Waals surface area contributed by atoms with Gasteiger partial charge in [-0.25, -0.2) is 0 Å². The lowest BCUT2D eigenvalue weighted by Gasteiger charge is -2.30. The van der Waals surface area contributed by atoms with Crippen LogP contribution < -0.4 is 16.4 Å². The Balaban J connectivity index is 2.01. The highest BCUT2D eigenvalue weighted by Gasteiger charge is 2.18. The van der Waals surface area contributed by atoms with Crippen LogP contribution in [0, 0.1) is 5.92 Å². The maximum atomic E-state index is 12.0. The van der Waals surface area contributed by atoms with E-state index in [-0.39, 0.29) is 11.8 Å². The Bertz CT molecular complexity index is 469. The van der Waals surface area contributed by atoms with Gasteiger partial charge in [0.25, 0.3) is 0 Å². The molecule has 0 bridgehead atoms. The number of nitrogens with one attached hydrogen (secondary N) is 2. The van der Waals surface area contributed by atoms with Gasteiger partial charge >= 0.3 is 0 Å². The Hall–Kier alpha value is -1.59. The van der Waals surface area contributed by atoms with Crippen molar-refractivity contribution in [3.63, 3.8) is 0 Å². The van der Waals surface area contributed by atoms with Gasteiger partial charge in [0.15, 0.2) is 0 Å². The van der Waals surface area contributed by atoms with Crippen LogP contribution in [0.1, 0.15) is 19.8 Å². The highest BCUT2D eigenvalue weighted by Crippen LogP contribution is 2.24. The fraction of sp³-hybridized carbons (Fsp3) is 0.562. The molecule has 21 heavy (non-hydrogen) atoms. The SMILES string of the molecule is CC(CN)C(=O)Nc1ccccc1NC1CCN(C)CC1. The minimum Gasteiger partial charge on any atom is -0.381 e. The second kappa shape index (κ2) is 7.43. The quantitative estimate of drug-likeness (QED) is 0.772. The number of hydrogen-bond acceptors (Lipinski definition) is 4. The van der Waals surface area contributed by atoms with E-state index in [4.69, 9.17) is 5.73 Å². The van der Waals surface area contributed by atoms with Crippen molar-refractivity contribution in [2.24, 2.45) is 11.7 Å². The number of carbonyl (C=O) groups is 1. The van der Waals surface area contributed by atoms with Crippen molar-refractivity contribution in [2.45, 2.75) is 25.8 Å². The second-order valence-electron chi connectivity index (χ2n) is 5.89. The van der Waals surface area contributed by atoms with E-state index in [1.165, 1.54) is 0 Å². The number of nitrogens with zero attached hydrogens (tertiary/aromatic N) is 1. The molecule has 2 rings (SSSR count). The van der Waals surface area contributed by atoms with E-state index in [1.54, 1.807) is 0 Å². The summed E-state index contributed by atoms with van der Waals surface area (Å²) in [6, 6.07) is 8.33. The third-order valence-corrected chi connectivity index (χ3v) is 4.06. The van der Waals surface area contributed by atoms with Gasteiger partial charge in [-0.1, -0.05) is 19.1 Å². The summed E-state index contributed by atoms with van der Waals surface area (Å²) in [5.74, 6) is -0.212. The van der Waals surface area contributed by atoms with Crippen molar-refractivity contribution >= 4 is 17.3 Å². The van der Waals surface area contributed by atoms with Crippen LogP contribution >= 0.6 is 0 Å². The molecule has 0 aliphatic carbocycles. The lowest BCUT2D eigenvalue weighted by Crippen LogP contribution is -2.37. The summed E-state index contributed by atoms with van der Waals surface area (Å²) in [5.41, 5.74) is 7.37. The molecular formula is C16H26N4O. The van der Waals surface area contributed by atoms with E-state index < -0.39 is 0 Å². The Morgan fingerprint density at radius 3 is 2.57 bits per heavy atom. The molecule has 5 heteroatoms. The average Bonchev–Trinajstić information content (AvgIpc) is 2.50. The Labute approximate surface area is 126 Å². The molecule has 0 saturated carbocycles. The van der Waals surface area contributed by atoms with Crippen LogP contribution in [0.15, 0.2) is 24.3 Å². The zero-order chi connectivity index (χ0) is 15.2. The van der Waals surface area contributed by atoms with Crippen LogP contribution in [0.2, 0.25) is 0 Å². The van der Waals surface area contributed by atoms with Gasteiger partial charge in [0.2, 0.25) is 5.91 Å². The summed E-state index contributed by atoms with van der Waals surface area (Å²) in [6.07, 6.45) is 2.25. The number of hydrogen-bond donors (Lipinski definition) is 3. The van der Waals surface area contributed by atoms with E-state index in [0.29, 0.717) is 12.6 Å². The molecule has 1 unspecified atom stereocenters. The number of para-hydroxylation sites is 2. The summed E-state index contributed by atoms with van der Waals surface area (Å²) >= 11 is 0. The zero-order valence-electron chi connectivity index (χ0n) is 12.9. The molecule has 5 nitrogen and oxygen atoms in total. The highest BCUT2D eigenvalue weighted by atomic mass is 16.1. The number of amides is 1. The molecule has 0 radical (unpaired) electrons. The molecule has 1 aliphatic rings. The average molecular weight is 290 g/mol. The van der Waals surface area contributed by atoms with Gasteiger partial charge in [-0.2, -0.15) is 0 Å². The predicted octanol–water partition coefficient (Wildman–Crippen LogP) is 1.73. The first-order valence-corrected chi connectivity index (χ1v) is 7.65. The van der Waals surface area contributed by atoms with Crippen molar-refractivity contribution in [2.75, 3.05) is 37.3 Å². The Morgan fingerprint density at radius 2 is 1.95 bits per heavy atom. The molecule has 0 spiro atoms. The molecule has 4 N–H and O–H groups in total. The van der Waals surface area contributed by atoms with Gasteiger partial charge in [-0.15, -0.1) is 0 Å². The highest BCUT2D eigenvalue weighted by molar-refractivity contribution is 5.95. The predicted molar refractivity (Wildman–Crippen MR) is 87.4 cm³/mol. The number of nitrogens with two attached hydrogens (primary N) is 1. The summed E-state index contributed by atoms with van der Waals surface area (Å²) in [7, 11) is 2.15. The van der Waals surface area contributed by atoms with Gasteiger partial charge in [0, 0.05) is 18.5 Å². The third-order valence-electron chi connectivity index (χ3n) is 4.06. The van der Waals surface area contributed by atoms with Crippen LogP contribution in [-0.4, -0.2) is 43.5 Å². The molecule has 116 valence electrons. The number of piperidine rings is 1. The molecule has 1 aromatic rings. The van der Waals surface area contributed by atoms with Crippen molar-refractivity contribution in [3.8, 4) is 0 Å². The van der Waals surface area contributed by atoms with E-state index in [9.17, 15) is 4.79 Å². The summed E-state index contributed by atoms with van der Waals surface area (Å²) in [4.78, 5) is 14.3. The second-order valence-corrected chi connectivity index (χ2v) is 5.89. The fourth-order valence-corrected chi connectivity index (χ4v) is 2.45. The first kappa shape index (κ1) is 15.8. The van der Waals surface area contributed by atoms with E-state index in [2.05, 4.69) is 22.6 Å². The van der Waals surface area contributed by atoms with Gasteiger partial charge < -0.3 is 21.3 Å². The first-order valence-electron chi connectivity index (χ1n) is 7.65. The number of anilines is 2. The van der Waals surface area contributed by atoms with E-state index in [0.717, 1.165) is 37.3 Å². The van der Waals surface area contributed by atoms with Crippen LogP contribution in [0.4, 0.5) is 11.4 Å². The molecule has 1 aromatic carbocycles. The van der Waals surface area contributed by atoms with Crippen molar-refractivity contribution in [1.29, 1.82) is 0 Å². The van der Waals surface area contributed by atoms with Crippen LogP contribution in [-0.2, 0) is 4.79 Å². The molecule has 1 fully saturated rings. The van der Waals surface area contributed by atoms with Gasteiger partial charge in [0.05, 0.1) is 11.4 Å². The monoisotopic (exact) mass is 290 g/mol. The maximum Gasteiger partial charge on any atom is 0.228 e. The summed E-state index contributed by atoms with van der Waals surface area (Å²) < 4.78 is 0. The molecule has 0 aromatic heterocycles.